The number of aliphatic hydroxyl groups excluding tert-OH is 1. The highest BCUT2D eigenvalue weighted by molar-refractivity contribution is 5.74. The quantitative estimate of drug-likeness (QED) is 0.625. The Bertz CT molecular complexity index is 1220. The second-order valence-electron chi connectivity index (χ2n) is 8.20. The van der Waals surface area contributed by atoms with Crippen LogP contribution in [0, 0.1) is 5.92 Å². The van der Waals surface area contributed by atoms with Crippen LogP contribution in [0.15, 0.2) is 43.0 Å². The van der Waals surface area contributed by atoms with Crippen LogP contribution in [0.3, 0.4) is 0 Å². The first-order chi connectivity index (χ1) is 15.6. The summed E-state index contributed by atoms with van der Waals surface area (Å²) in [5.74, 6) is 0.702. The van der Waals surface area contributed by atoms with Gasteiger partial charge in [0, 0.05) is 43.2 Å². The molecule has 2 unspecified atom stereocenters. The number of carbonyl (C=O) groups is 1. The number of amides is 1. The molecule has 2 N–H and O–H groups in total. The van der Waals surface area contributed by atoms with Crippen molar-refractivity contribution in [3.63, 3.8) is 0 Å². The van der Waals surface area contributed by atoms with Gasteiger partial charge in [-0.05, 0) is 42.3 Å². The average molecular weight is 431 g/mol. The third-order valence-electron chi connectivity index (χ3n) is 6.18. The van der Waals surface area contributed by atoms with Crippen molar-refractivity contribution in [3.8, 4) is 17.1 Å². The molecular formula is C24H25N5O3. The first-order valence-electron chi connectivity index (χ1n) is 10.8. The summed E-state index contributed by atoms with van der Waals surface area (Å²) in [6.07, 6.45) is 12.6. The fraction of sp³-hybridized carbons (Fsp3) is 0.333. The van der Waals surface area contributed by atoms with Gasteiger partial charge in [-0.1, -0.05) is 6.08 Å². The molecule has 0 aromatic carbocycles. The van der Waals surface area contributed by atoms with Crippen LogP contribution in [-0.2, 0) is 11.4 Å². The molecule has 3 aromatic rings. The highest BCUT2D eigenvalue weighted by Crippen LogP contribution is 2.31. The molecule has 5 rings (SSSR count). The van der Waals surface area contributed by atoms with E-state index in [1.807, 2.05) is 17.0 Å². The summed E-state index contributed by atoms with van der Waals surface area (Å²) in [7, 11) is 0. The summed E-state index contributed by atoms with van der Waals surface area (Å²) >= 11 is 0. The number of H-pyrrole nitrogens is 1. The molecule has 1 aliphatic carbocycles. The number of aromatic nitrogens is 4. The summed E-state index contributed by atoms with van der Waals surface area (Å²) in [6, 6.07) is 5.68. The molecule has 1 amide bonds. The van der Waals surface area contributed by atoms with Crippen LogP contribution < -0.4 is 15.3 Å². The van der Waals surface area contributed by atoms with Gasteiger partial charge in [-0.2, -0.15) is 0 Å². The minimum absolute atomic E-state index is 0.0141. The third kappa shape index (κ3) is 3.89. The van der Waals surface area contributed by atoms with E-state index in [-0.39, 0.29) is 30.6 Å². The predicted octanol–water partition coefficient (Wildman–Crippen LogP) is 1.01. The van der Waals surface area contributed by atoms with Crippen molar-refractivity contribution in [2.75, 3.05) is 6.54 Å². The van der Waals surface area contributed by atoms with E-state index in [9.17, 15) is 9.90 Å². The number of rotatable bonds is 5. The maximum Gasteiger partial charge on any atom is 0.219 e. The number of pyridine rings is 1. The van der Waals surface area contributed by atoms with Gasteiger partial charge in [0.15, 0.2) is 0 Å². The highest BCUT2D eigenvalue weighted by Gasteiger charge is 2.38. The van der Waals surface area contributed by atoms with Crippen LogP contribution in [0.2, 0.25) is 0 Å². The first kappa shape index (κ1) is 20.4. The van der Waals surface area contributed by atoms with E-state index in [2.05, 4.69) is 32.1 Å². The zero-order valence-corrected chi connectivity index (χ0v) is 17.8. The molecule has 3 aromatic heterocycles. The highest BCUT2D eigenvalue weighted by atomic mass is 16.5. The van der Waals surface area contributed by atoms with Gasteiger partial charge in [-0.15, -0.1) is 0 Å². The maximum absolute atomic E-state index is 12.3. The van der Waals surface area contributed by atoms with E-state index in [4.69, 9.17) is 4.74 Å². The monoisotopic (exact) mass is 431 g/mol. The molecular weight excluding hydrogens is 406 g/mol. The smallest absolute Gasteiger partial charge is 0.219 e. The van der Waals surface area contributed by atoms with Crippen molar-refractivity contribution in [2.45, 2.75) is 38.5 Å². The van der Waals surface area contributed by atoms with Crippen molar-refractivity contribution in [1.82, 2.24) is 24.8 Å². The number of likely N-dealkylation sites (tertiary alicyclic amines) is 1. The van der Waals surface area contributed by atoms with E-state index in [1.54, 1.807) is 37.8 Å². The van der Waals surface area contributed by atoms with Crippen LogP contribution in [-0.4, -0.2) is 54.5 Å². The number of hydrogen-bond donors (Lipinski definition) is 2. The molecule has 1 fully saturated rings. The lowest BCUT2D eigenvalue weighted by atomic mass is 9.88. The summed E-state index contributed by atoms with van der Waals surface area (Å²) in [4.78, 5) is 30.5. The second-order valence-corrected chi connectivity index (χ2v) is 8.20. The standard InChI is InChI=1S/C24H25N5O3/c1-15(31)29-8-2-3-23(29)19-11-20-16(9-21(28-20)22-13-25-6-7-26-22)10-24(19)32-18-5-4-17(14-30)27-12-18/h4-7,9-13,19,23-24,28,30H,2-3,8,14H2,1H3/t19?,23-,24?/m1/s1. The van der Waals surface area contributed by atoms with Crippen molar-refractivity contribution in [3.05, 3.63) is 59.2 Å². The fourth-order valence-electron chi connectivity index (χ4n) is 4.67. The number of nitrogens with one attached hydrogen (secondary N) is 1. The maximum atomic E-state index is 12.3. The lowest BCUT2D eigenvalue weighted by molar-refractivity contribution is -0.130. The van der Waals surface area contributed by atoms with E-state index in [0.29, 0.717) is 11.4 Å². The fourth-order valence-corrected chi connectivity index (χ4v) is 4.67. The number of nitrogens with zero attached hydrogens (tertiary/aromatic N) is 4. The molecule has 8 heteroatoms. The van der Waals surface area contributed by atoms with Crippen molar-refractivity contribution in [2.24, 2.45) is 5.92 Å². The summed E-state index contributed by atoms with van der Waals surface area (Å²) < 4.78 is 6.37. The molecule has 4 heterocycles. The van der Waals surface area contributed by atoms with Gasteiger partial charge in [-0.25, -0.2) is 0 Å². The molecule has 0 radical (unpaired) electrons. The van der Waals surface area contributed by atoms with Gasteiger partial charge in [0.2, 0.25) is 5.91 Å². The molecule has 164 valence electrons. The Morgan fingerprint density at radius 2 is 2.16 bits per heavy atom. The van der Waals surface area contributed by atoms with Gasteiger partial charge in [0.05, 0.1) is 30.4 Å². The molecule has 2 aliphatic rings. The van der Waals surface area contributed by atoms with Crippen LogP contribution >= 0.6 is 0 Å². The Balaban J connectivity index is 1.54. The number of fused-ring (bicyclic) bond motifs is 1. The summed E-state index contributed by atoms with van der Waals surface area (Å²) in [5, 5.41) is 11.3. The minimum Gasteiger partial charge on any atom is -0.484 e. The molecule has 8 nitrogen and oxygen atoms in total. The number of hydrogen-bond acceptors (Lipinski definition) is 6. The lowest BCUT2D eigenvalue weighted by Crippen LogP contribution is -2.47. The van der Waals surface area contributed by atoms with Gasteiger partial charge in [-0.3, -0.25) is 19.7 Å². The molecule has 0 spiro atoms. The number of carbonyl (C=O) groups excluding carboxylic acids is 1. The zero-order chi connectivity index (χ0) is 22.1. The van der Waals surface area contributed by atoms with E-state index in [0.717, 1.165) is 41.3 Å². The Morgan fingerprint density at radius 1 is 1.25 bits per heavy atom. The van der Waals surface area contributed by atoms with Crippen molar-refractivity contribution < 1.29 is 14.6 Å². The Morgan fingerprint density at radius 3 is 2.88 bits per heavy atom. The lowest BCUT2D eigenvalue weighted by Gasteiger charge is -2.34. The van der Waals surface area contributed by atoms with Gasteiger partial charge in [0.1, 0.15) is 17.5 Å². The Kier molecular flexibility index (Phi) is 5.45. The van der Waals surface area contributed by atoms with Crippen molar-refractivity contribution in [1.29, 1.82) is 0 Å². The van der Waals surface area contributed by atoms with Crippen LogP contribution in [0.1, 0.15) is 25.5 Å². The van der Waals surface area contributed by atoms with Crippen LogP contribution in [0.4, 0.5) is 0 Å². The summed E-state index contributed by atoms with van der Waals surface area (Å²) in [5.41, 5.74) is 2.25. The Hall–Kier alpha value is -3.52. The molecule has 0 bridgehead atoms. The topological polar surface area (TPSA) is 104 Å². The molecule has 0 saturated carbocycles. The molecule has 1 aliphatic heterocycles. The van der Waals surface area contributed by atoms with Gasteiger partial charge in [0.25, 0.3) is 0 Å². The zero-order valence-electron chi connectivity index (χ0n) is 17.8. The largest absolute Gasteiger partial charge is 0.484 e. The predicted molar refractivity (Wildman–Crippen MR) is 118 cm³/mol. The molecule has 1 saturated heterocycles. The summed E-state index contributed by atoms with van der Waals surface area (Å²) in [6.45, 7) is 2.29. The average Bonchev–Trinajstić information content (AvgIpc) is 3.47. The van der Waals surface area contributed by atoms with Crippen LogP contribution in [0.25, 0.3) is 23.5 Å². The van der Waals surface area contributed by atoms with E-state index < -0.39 is 0 Å². The molecule has 3 atom stereocenters. The van der Waals surface area contributed by atoms with Gasteiger partial charge < -0.3 is 19.7 Å². The number of aliphatic hydroxyl groups is 1. The number of ether oxygens (including phenoxy) is 1. The Labute approximate surface area is 185 Å². The molecule has 32 heavy (non-hydrogen) atoms. The normalized spacial score (nSPS) is 22.1. The SMILES string of the molecule is CC(=O)N1CCC[C@@H]1C1C=c2[nH]c(-c3cnccn3)cc2=CC1Oc1ccc(CO)nc1. The van der Waals surface area contributed by atoms with Crippen LogP contribution in [0.5, 0.6) is 5.75 Å². The van der Waals surface area contributed by atoms with E-state index in [1.165, 1.54) is 0 Å². The first-order valence-corrected chi connectivity index (χ1v) is 10.8. The van der Waals surface area contributed by atoms with Crippen molar-refractivity contribution >= 4 is 18.1 Å². The third-order valence-corrected chi connectivity index (χ3v) is 6.18. The minimum atomic E-state index is -0.264. The van der Waals surface area contributed by atoms with Gasteiger partial charge >= 0.3 is 0 Å². The van der Waals surface area contributed by atoms with E-state index >= 15 is 0 Å². The number of aromatic amines is 1. The second kappa shape index (κ2) is 8.55.